The van der Waals surface area contributed by atoms with Crippen molar-refractivity contribution in [3.05, 3.63) is 101 Å². The summed E-state index contributed by atoms with van der Waals surface area (Å²) in [6.45, 7) is 0.271. The van der Waals surface area contributed by atoms with Gasteiger partial charge in [-0.25, -0.2) is 14.0 Å². The highest BCUT2D eigenvalue weighted by atomic mass is 19.1. The molecule has 0 saturated carbocycles. The minimum absolute atomic E-state index is 0.151. The molecule has 0 radical (unpaired) electrons. The Morgan fingerprint density at radius 1 is 0.778 bits per heavy atom. The largest absolute Gasteiger partial charge is 0.462 e. The predicted octanol–water partition coefficient (Wildman–Crippen LogP) is 4.44. The molecule has 0 aliphatic carbocycles. The van der Waals surface area contributed by atoms with Crippen molar-refractivity contribution in [1.82, 2.24) is 0 Å². The van der Waals surface area contributed by atoms with Gasteiger partial charge in [0.25, 0.3) is 0 Å². The number of esters is 2. The van der Waals surface area contributed by atoms with Crippen LogP contribution in [0.15, 0.2) is 78.9 Å². The van der Waals surface area contributed by atoms with Crippen LogP contribution in [0.3, 0.4) is 0 Å². The number of hydrogen-bond donors (Lipinski definition) is 0. The zero-order chi connectivity index (χ0) is 19.1. The van der Waals surface area contributed by atoms with Crippen LogP contribution >= 0.6 is 0 Å². The summed E-state index contributed by atoms with van der Waals surface area (Å²) in [6, 6.07) is 21.2. The van der Waals surface area contributed by atoms with E-state index in [1.54, 1.807) is 6.07 Å². The molecule has 0 spiro atoms. The third-order valence-corrected chi connectivity index (χ3v) is 3.86. The lowest BCUT2D eigenvalue weighted by atomic mass is 10.2. The van der Waals surface area contributed by atoms with Crippen LogP contribution in [0.1, 0.15) is 26.3 Å². The first-order valence-electron chi connectivity index (χ1n) is 8.41. The molecule has 27 heavy (non-hydrogen) atoms. The summed E-state index contributed by atoms with van der Waals surface area (Å²) >= 11 is 0. The molecule has 0 aromatic heterocycles. The highest BCUT2D eigenvalue weighted by Crippen LogP contribution is 2.16. The second-order valence-corrected chi connectivity index (χ2v) is 5.77. The average molecular weight is 364 g/mol. The highest BCUT2D eigenvalue weighted by molar-refractivity contribution is 5.92. The van der Waals surface area contributed by atoms with Gasteiger partial charge in [-0.3, -0.25) is 0 Å². The predicted molar refractivity (Wildman–Crippen MR) is 98.2 cm³/mol. The molecular weight excluding hydrogens is 347 g/mol. The van der Waals surface area contributed by atoms with E-state index in [0.717, 1.165) is 5.56 Å². The Balaban J connectivity index is 1.54. The molecule has 0 amide bonds. The van der Waals surface area contributed by atoms with Gasteiger partial charge in [-0.2, -0.15) is 0 Å². The summed E-state index contributed by atoms with van der Waals surface area (Å²) in [4.78, 5) is 24.0. The molecule has 3 aromatic carbocycles. The second-order valence-electron chi connectivity index (χ2n) is 5.77. The average Bonchev–Trinajstić information content (AvgIpc) is 2.69. The number of hydrogen-bond acceptors (Lipinski definition) is 4. The normalized spacial score (nSPS) is 10.3. The molecule has 0 bridgehead atoms. The molecule has 0 aliphatic heterocycles. The van der Waals surface area contributed by atoms with Crippen molar-refractivity contribution in [2.45, 2.75) is 6.42 Å². The molecule has 0 heterocycles. The van der Waals surface area contributed by atoms with Crippen LogP contribution in [0.25, 0.3) is 0 Å². The lowest BCUT2D eigenvalue weighted by molar-refractivity contribution is 0.0509. The Morgan fingerprint density at radius 3 is 2.15 bits per heavy atom. The lowest BCUT2D eigenvalue weighted by Gasteiger charge is -2.07. The van der Waals surface area contributed by atoms with Crippen molar-refractivity contribution in [2.24, 2.45) is 0 Å². The second kappa shape index (κ2) is 8.76. The van der Waals surface area contributed by atoms with Gasteiger partial charge in [0, 0.05) is 6.42 Å². The smallest absolute Gasteiger partial charge is 0.346 e. The Bertz CT molecular complexity index is 921. The molecule has 3 aromatic rings. The number of rotatable bonds is 6. The summed E-state index contributed by atoms with van der Waals surface area (Å²) in [6.07, 6.45) is 0.630. The number of carbonyl (C=O) groups is 2. The van der Waals surface area contributed by atoms with E-state index in [-0.39, 0.29) is 17.9 Å². The van der Waals surface area contributed by atoms with E-state index >= 15 is 0 Å². The Kier molecular flexibility index (Phi) is 5.94. The molecule has 0 aliphatic rings. The SMILES string of the molecule is O=C(OCCc1ccccc1)c1ccc(OC(=O)c2ccccc2F)cc1. The maximum absolute atomic E-state index is 13.6. The molecule has 4 nitrogen and oxygen atoms in total. The van der Waals surface area contributed by atoms with Gasteiger partial charge in [-0.1, -0.05) is 42.5 Å². The Labute approximate surface area is 156 Å². The van der Waals surface area contributed by atoms with E-state index in [4.69, 9.17) is 9.47 Å². The monoisotopic (exact) mass is 364 g/mol. The molecule has 3 rings (SSSR count). The van der Waals surface area contributed by atoms with E-state index in [1.807, 2.05) is 30.3 Å². The summed E-state index contributed by atoms with van der Waals surface area (Å²) in [5.41, 5.74) is 1.27. The van der Waals surface area contributed by atoms with E-state index in [2.05, 4.69) is 0 Å². The number of carbonyl (C=O) groups excluding carboxylic acids is 2. The van der Waals surface area contributed by atoms with Crippen LogP contribution in [-0.2, 0) is 11.2 Å². The van der Waals surface area contributed by atoms with Crippen molar-refractivity contribution in [1.29, 1.82) is 0 Å². The maximum atomic E-state index is 13.6. The molecule has 5 heteroatoms. The van der Waals surface area contributed by atoms with Crippen LogP contribution in [0.4, 0.5) is 4.39 Å². The Morgan fingerprint density at radius 2 is 1.44 bits per heavy atom. The summed E-state index contributed by atoms with van der Waals surface area (Å²) in [7, 11) is 0. The quantitative estimate of drug-likeness (QED) is 0.479. The Hall–Kier alpha value is -3.47. The van der Waals surface area contributed by atoms with Crippen molar-refractivity contribution >= 4 is 11.9 Å². The molecule has 0 N–H and O–H groups in total. The first kappa shape index (κ1) is 18.3. The van der Waals surface area contributed by atoms with E-state index in [9.17, 15) is 14.0 Å². The van der Waals surface area contributed by atoms with E-state index < -0.39 is 17.8 Å². The third-order valence-electron chi connectivity index (χ3n) is 3.86. The van der Waals surface area contributed by atoms with Crippen LogP contribution in [0, 0.1) is 5.82 Å². The molecule has 0 saturated heterocycles. The zero-order valence-corrected chi connectivity index (χ0v) is 14.4. The fraction of sp³-hybridized carbons (Fsp3) is 0.0909. The summed E-state index contributed by atoms with van der Waals surface area (Å²) in [5, 5.41) is 0. The molecule has 0 fully saturated rings. The topological polar surface area (TPSA) is 52.6 Å². The van der Waals surface area contributed by atoms with E-state index in [1.165, 1.54) is 42.5 Å². The number of benzene rings is 3. The van der Waals surface area contributed by atoms with Gasteiger partial charge < -0.3 is 9.47 Å². The van der Waals surface area contributed by atoms with Gasteiger partial charge in [-0.05, 0) is 42.0 Å². The van der Waals surface area contributed by atoms with Crippen LogP contribution in [-0.4, -0.2) is 18.5 Å². The molecule has 0 atom stereocenters. The standard InChI is InChI=1S/C22H17FO4/c23-20-9-5-4-8-19(20)22(25)27-18-12-10-17(11-13-18)21(24)26-15-14-16-6-2-1-3-7-16/h1-13H,14-15H2. The lowest BCUT2D eigenvalue weighted by Crippen LogP contribution is -2.11. The van der Waals surface area contributed by atoms with Gasteiger partial charge >= 0.3 is 11.9 Å². The van der Waals surface area contributed by atoms with E-state index in [0.29, 0.717) is 12.0 Å². The van der Waals surface area contributed by atoms with Gasteiger partial charge in [0.2, 0.25) is 0 Å². The fourth-order valence-electron chi connectivity index (χ4n) is 2.44. The van der Waals surface area contributed by atoms with Gasteiger partial charge in [0.05, 0.1) is 17.7 Å². The molecule has 136 valence electrons. The van der Waals surface area contributed by atoms with Gasteiger partial charge in [0.1, 0.15) is 11.6 Å². The van der Waals surface area contributed by atoms with Crippen LogP contribution in [0.2, 0.25) is 0 Å². The summed E-state index contributed by atoms with van der Waals surface area (Å²) in [5.74, 6) is -1.70. The van der Waals surface area contributed by atoms with Crippen LogP contribution in [0.5, 0.6) is 5.75 Å². The maximum Gasteiger partial charge on any atom is 0.346 e. The number of halogens is 1. The third kappa shape index (κ3) is 5.01. The summed E-state index contributed by atoms with van der Waals surface area (Å²) < 4.78 is 24.0. The minimum Gasteiger partial charge on any atom is -0.462 e. The van der Waals surface area contributed by atoms with Crippen molar-refractivity contribution in [2.75, 3.05) is 6.61 Å². The first-order valence-corrected chi connectivity index (χ1v) is 8.41. The highest BCUT2D eigenvalue weighted by Gasteiger charge is 2.14. The van der Waals surface area contributed by atoms with Gasteiger partial charge in [-0.15, -0.1) is 0 Å². The fourth-order valence-corrected chi connectivity index (χ4v) is 2.44. The zero-order valence-electron chi connectivity index (χ0n) is 14.4. The molecular formula is C22H17FO4. The minimum atomic E-state index is -0.800. The van der Waals surface area contributed by atoms with Crippen molar-refractivity contribution in [3.8, 4) is 5.75 Å². The first-order chi connectivity index (χ1) is 13.1. The van der Waals surface area contributed by atoms with Crippen LogP contribution < -0.4 is 4.74 Å². The van der Waals surface area contributed by atoms with Gasteiger partial charge in [0.15, 0.2) is 0 Å². The van der Waals surface area contributed by atoms with Crippen molar-refractivity contribution in [3.63, 3.8) is 0 Å². The van der Waals surface area contributed by atoms with Crippen molar-refractivity contribution < 1.29 is 23.5 Å². The molecule has 0 unspecified atom stereocenters. The number of ether oxygens (including phenoxy) is 2.